The van der Waals surface area contributed by atoms with Gasteiger partial charge in [-0.25, -0.2) is 14.2 Å². The van der Waals surface area contributed by atoms with Crippen LogP contribution in [0.1, 0.15) is 42.9 Å². The minimum Gasteiger partial charge on any atom is -0.460 e. The van der Waals surface area contributed by atoms with E-state index in [0.717, 1.165) is 0 Å². The van der Waals surface area contributed by atoms with E-state index >= 15 is 0 Å². The Balaban J connectivity index is 2.53. The number of halogens is 2. The molecule has 0 unspecified atom stereocenters. The maximum absolute atomic E-state index is 13.9. The fraction of sp³-hybridized carbons (Fsp3) is 0.333. The number of rotatable bonds is 4. The number of esters is 1. The molecule has 1 aromatic carbocycles. The normalized spacial score (nSPS) is 11.0. The largest absolute Gasteiger partial charge is 0.460 e. The van der Waals surface area contributed by atoms with Gasteiger partial charge in [-0.1, -0.05) is 25.4 Å². The van der Waals surface area contributed by atoms with Gasteiger partial charge in [-0.2, -0.15) is 0 Å². The molecule has 0 radical (unpaired) electrons. The van der Waals surface area contributed by atoms with E-state index in [1.807, 2.05) is 13.8 Å². The summed E-state index contributed by atoms with van der Waals surface area (Å²) in [5.74, 6) is -1.18. The zero-order valence-electron chi connectivity index (χ0n) is 11.9. The average molecular weight is 312 g/mol. The number of carbonyl (C=O) groups is 1. The highest BCUT2D eigenvalue weighted by Gasteiger charge is 2.25. The number of oxazole rings is 1. The fourth-order valence-electron chi connectivity index (χ4n) is 1.84. The number of carbonyl (C=O) groups excluding carboxylic acids is 1. The Morgan fingerprint density at radius 2 is 2.19 bits per heavy atom. The molecule has 0 saturated heterocycles. The van der Waals surface area contributed by atoms with Gasteiger partial charge in [-0.05, 0) is 31.0 Å². The lowest BCUT2D eigenvalue weighted by molar-refractivity contribution is 0.0488. The number of nitrogens with zero attached hydrogens (tertiary/aromatic N) is 1. The summed E-state index contributed by atoms with van der Waals surface area (Å²) in [6, 6.07) is 4.06. The van der Waals surface area contributed by atoms with Crippen LogP contribution >= 0.6 is 11.6 Å². The molecule has 1 aromatic heterocycles. The van der Waals surface area contributed by atoms with E-state index in [0.29, 0.717) is 10.7 Å². The summed E-state index contributed by atoms with van der Waals surface area (Å²) < 4.78 is 24.2. The first-order valence-electron chi connectivity index (χ1n) is 6.57. The van der Waals surface area contributed by atoms with E-state index in [-0.39, 0.29) is 29.7 Å². The van der Waals surface area contributed by atoms with Gasteiger partial charge in [0.1, 0.15) is 5.82 Å². The Morgan fingerprint density at radius 3 is 2.81 bits per heavy atom. The molecule has 0 amide bonds. The molecule has 6 heteroatoms. The number of hydrogen-bond acceptors (Lipinski definition) is 4. The van der Waals surface area contributed by atoms with Crippen LogP contribution in [0, 0.1) is 5.82 Å². The molecule has 0 saturated carbocycles. The van der Waals surface area contributed by atoms with Crippen molar-refractivity contribution in [2.24, 2.45) is 0 Å². The van der Waals surface area contributed by atoms with Crippen LogP contribution in [0.15, 0.2) is 22.6 Å². The van der Waals surface area contributed by atoms with Gasteiger partial charge >= 0.3 is 5.97 Å². The highest BCUT2D eigenvalue weighted by Crippen LogP contribution is 2.30. The molecule has 0 aliphatic carbocycles. The lowest BCUT2D eigenvalue weighted by Crippen LogP contribution is -2.07. The summed E-state index contributed by atoms with van der Waals surface area (Å²) in [5.41, 5.74) is 0.544. The van der Waals surface area contributed by atoms with Crippen LogP contribution in [-0.2, 0) is 4.74 Å². The predicted molar refractivity (Wildman–Crippen MR) is 77.0 cm³/mol. The van der Waals surface area contributed by atoms with Crippen LogP contribution in [0.25, 0.3) is 11.5 Å². The zero-order valence-corrected chi connectivity index (χ0v) is 12.7. The van der Waals surface area contributed by atoms with Crippen LogP contribution in [0.2, 0.25) is 5.02 Å². The third-order valence-electron chi connectivity index (χ3n) is 2.82. The summed E-state index contributed by atoms with van der Waals surface area (Å²) in [5, 5.41) is 0.355. The number of ether oxygens (including phenoxy) is 1. The van der Waals surface area contributed by atoms with E-state index in [4.69, 9.17) is 20.8 Å². The molecular formula is C15H15ClFNO3. The Bertz CT molecular complexity index is 667. The first-order valence-corrected chi connectivity index (χ1v) is 6.95. The van der Waals surface area contributed by atoms with E-state index in [1.54, 1.807) is 6.92 Å². The third kappa shape index (κ3) is 3.24. The number of hydrogen-bond donors (Lipinski definition) is 0. The molecular weight excluding hydrogens is 297 g/mol. The molecule has 112 valence electrons. The molecule has 1 heterocycles. The van der Waals surface area contributed by atoms with Crippen molar-refractivity contribution in [1.82, 2.24) is 4.98 Å². The predicted octanol–water partition coefficient (Wildman–Crippen LogP) is 4.43. The second-order valence-corrected chi connectivity index (χ2v) is 5.17. The fourth-order valence-corrected chi connectivity index (χ4v) is 2.01. The Morgan fingerprint density at radius 1 is 1.48 bits per heavy atom. The standard InChI is InChI=1S/C15H15ClFNO3/c1-4-20-15(19)13-12(8(2)3)18-14(21-13)10-7-9(16)5-6-11(10)17/h5-8H,4H2,1-3H3. The third-order valence-corrected chi connectivity index (χ3v) is 3.05. The topological polar surface area (TPSA) is 52.3 Å². The second kappa shape index (κ2) is 6.26. The van der Waals surface area contributed by atoms with E-state index in [2.05, 4.69) is 4.98 Å². The van der Waals surface area contributed by atoms with Crippen LogP contribution in [0.5, 0.6) is 0 Å². The van der Waals surface area contributed by atoms with Gasteiger partial charge in [0.2, 0.25) is 11.7 Å². The highest BCUT2D eigenvalue weighted by molar-refractivity contribution is 6.30. The zero-order chi connectivity index (χ0) is 15.6. The van der Waals surface area contributed by atoms with Gasteiger partial charge in [0.05, 0.1) is 17.9 Å². The van der Waals surface area contributed by atoms with Crippen molar-refractivity contribution in [3.63, 3.8) is 0 Å². The quantitative estimate of drug-likeness (QED) is 0.784. The van der Waals surface area contributed by atoms with Crippen LogP contribution in [-0.4, -0.2) is 17.6 Å². The molecule has 0 fully saturated rings. The van der Waals surface area contributed by atoms with Gasteiger partial charge < -0.3 is 9.15 Å². The maximum Gasteiger partial charge on any atom is 0.376 e. The lowest BCUT2D eigenvalue weighted by atomic mass is 10.1. The first kappa shape index (κ1) is 15.5. The van der Waals surface area contributed by atoms with Crippen molar-refractivity contribution >= 4 is 17.6 Å². The van der Waals surface area contributed by atoms with E-state index in [9.17, 15) is 9.18 Å². The Hall–Kier alpha value is -1.88. The van der Waals surface area contributed by atoms with Crippen molar-refractivity contribution in [3.8, 4) is 11.5 Å². The van der Waals surface area contributed by atoms with E-state index < -0.39 is 11.8 Å². The minimum absolute atomic E-state index is 0.00113. The van der Waals surface area contributed by atoms with Gasteiger partial charge in [-0.15, -0.1) is 0 Å². The molecule has 0 aliphatic rings. The summed E-state index contributed by atoms with van der Waals surface area (Å²) >= 11 is 5.86. The molecule has 0 bridgehead atoms. The lowest BCUT2D eigenvalue weighted by Gasteiger charge is -2.02. The van der Waals surface area contributed by atoms with Gasteiger partial charge in [-0.3, -0.25) is 0 Å². The van der Waals surface area contributed by atoms with Gasteiger partial charge in [0.15, 0.2) is 0 Å². The summed E-state index contributed by atoms with van der Waals surface area (Å²) in [6.07, 6.45) is 0. The molecule has 0 N–H and O–H groups in total. The van der Waals surface area contributed by atoms with Crippen LogP contribution in [0.4, 0.5) is 4.39 Å². The van der Waals surface area contributed by atoms with Crippen LogP contribution in [0.3, 0.4) is 0 Å². The molecule has 21 heavy (non-hydrogen) atoms. The minimum atomic E-state index is -0.609. The SMILES string of the molecule is CCOC(=O)c1oc(-c2cc(Cl)ccc2F)nc1C(C)C. The van der Waals surface area contributed by atoms with Crippen LogP contribution < -0.4 is 0 Å². The summed E-state index contributed by atoms with van der Waals surface area (Å²) in [6.45, 7) is 5.64. The average Bonchev–Trinajstić information content (AvgIpc) is 2.87. The van der Waals surface area contributed by atoms with Crippen molar-refractivity contribution in [1.29, 1.82) is 0 Å². The molecule has 2 aromatic rings. The smallest absolute Gasteiger partial charge is 0.376 e. The highest BCUT2D eigenvalue weighted by atomic mass is 35.5. The van der Waals surface area contributed by atoms with Gasteiger partial charge in [0, 0.05) is 5.02 Å². The molecule has 2 rings (SSSR count). The molecule has 0 atom stereocenters. The van der Waals surface area contributed by atoms with Crippen molar-refractivity contribution < 1.29 is 18.3 Å². The maximum atomic E-state index is 13.9. The summed E-state index contributed by atoms with van der Waals surface area (Å²) in [7, 11) is 0. The summed E-state index contributed by atoms with van der Waals surface area (Å²) in [4.78, 5) is 16.1. The number of aromatic nitrogens is 1. The van der Waals surface area contributed by atoms with Gasteiger partial charge in [0.25, 0.3) is 0 Å². The Labute approximate surface area is 126 Å². The van der Waals surface area contributed by atoms with E-state index in [1.165, 1.54) is 18.2 Å². The monoisotopic (exact) mass is 311 g/mol. The van der Waals surface area contributed by atoms with Crippen molar-refractivity contribution in [2.45, 2.75) is 26.7 Å². The molecule has 0 aliphatic heterocycles. The number of benzene rings is 1. The molecule has 0 spiro atoms. The molecule has 4 nitrogen and oxygen atoms in total. The first-order chi connectivity index (χ1) is 9.93. The second-order valence-electron chi connectivity index (χ2n) is 4.73. The Kier molecular flexibility index (Phi) is 4.63. The van der Waals surface area contributed by atoms with Crippen molar-refractivity contribution in [3.05, 3.63) is 40.5 Å². The van der Waals surface area contributed by atoms with Crippen molar-refractivity contribution in [2.75, 3.05) is 6.61 Å².